The van der Waals surface area contributed by atoms with Crippen molar-refractivity contribution in [1.82, 2.24) is 0 Å². The Hall–Kier alpha value is -1.76. The van der Waals surface area contributed by atoms with Gasteiger partial charge in [-0.25, -0.2) is 0 Å². The molecule has 0 aliphatic carbocycles. The lowest BCUT2D eigenvalue weighted by Gasteiger charge is -2.26. The monoisotopic (exact) mass is 444 g/mol. The summed E-state index contributed by atoms with van der Waals surface area (Å²) in [6.07, 6.45) is 0. The van der Waals surface area contributed by atoms with Crippen molar-refractivity contribution in [3.05, 3.63) is 58.1 Å². The van der Waals surface area contributed by atoms with E-state index in [1.54, 1.807) is 0 Å². The van der Waals surface area contributed by atoms with E-state index in [4.69, 9.17) is 0 Å². The molecule has 2 aromatic carbocycles. The average Bonchev–Trinajstić information content (AvgIpc) is 2.84. The number of aliphatic hydroxyl groups excluding tert-OH is 5. The topological polar surface area (TPSA) is 101 Å². The van der Waals surface area contributed by atoms with Crippen molar-refractivity contribution in [3.63, 3.8) is 0 Å². The largest absolute Gasteiger partial charge is 0.396 e. The Bertz CT molecular complexity index is 819. The lowest BCUT2D eigenvalue weighted by atomic mass is 9.79. The van der Waals surface area contributed by atoms with Gasteiger partial charge in [-0.15, -0.1) is 0 Å². The SMILES string of the molecule is CC(CO)c1cc(-c2c(C(C)CO)cc(C(C)CO)cc2C(C)CO)cc(C(C)CO)c1. The van der Waals surface area contributed by atoms with Gasteiger partial charge in [0.15, 0.2) is 0 Å². The van der Waals surface area contributed by atoms with Crippen LogP contribution in [0.5, 0.6) is 0 Å². The van der Waals surface area contributed by atoms with Crippen LogP contribution in [-0.2, 0) is 0 Å². The zero-order chi connectivity index (χ0) is 24.0. The van der Waals surface area contributed by atoms with Crippen molar-refractivity contribution in [2.24, 2.45) is 0 Å². The summed E-state index contributed by atoms with van der Waals surface area (Å²) in [6.45, 7) is 9.83. The second kappa shape index (κ2) is 11.9. The average molecular weight is 445 g/mol. The third-order valence-corrected chi connectivity index (χ3v) is 6.63. The van der Waals surface area contributed by atoms with E-state index in [9.17, 15) is 25.5 Å². The van der Waals surface area contributed by atoms with Crippen LogP contribution in [0.3, 0.4) is 0 Å². The molecule has 0 saturated carbocycles. The molecule has 0 radical (unpaired) electrons. The van der Waals surface area contributed by atoms with Gasteiger partial charge >= 0.3 is 0 Å². The third kappa shape index (κ3) is 5.77. The van der Waals surface area contributed by atoms with Crippen LogP contribution in [0.2, 0.25) is 0 Å². The molecular formula is C27H40O5. The fourth-order valence-electron chi connectivity index (χ4n) is 4.01. The molecule has 32 heavy (non-hydrogen) atoms. The summed E-state index contributed by atoms with van der Waals surface area (Å²) < 4.78 is 0. The lowest BCUT2D eigenvalue weighted by molar-refractivity contribution is 0.268. The summed E-state index contributed by atoms with van der Waals surface area (Å²) in [6, 6.07) is 10.3. The Morgan fingerprint density at radius 3 is 1.09 bits per heavy atom. The van der Waals surface area contributed by atoms with Crippen LogP contribution in [-0.4, -0.2) is 58.6 Å². The Balaban J connectivity index is 2.92. The molecule has 0 amide bonds. The highest BCUT2D eigenvalue weighted by molar-refractivity contribution is 5.75. The molecule has 178 valence electrons. The molecule has 0 aliphatic heterocycles. The molecule has 0 heterocycles. The Morgan fingerprint density at radius 2 is 0.781 bits per heavy atom. The fraction of sp³-hybridized carbons (Fsp3) is 0.556. The second-order valence-corrected chi connectivity index (χ2v) is 9.38. The first-order chi connectivity index (χ1) is 15.2. The zero-order valence-corrected chi connectivity index (χ0v) is 20.0. The van der Waals surface area contributed by atoms with E-state index >= 15 is 0 Å². The van der Waals surface area contributed by atoms with E-state index in [0.29, 0.717) is 0 Å². The molecule has 5 unspecified atom stereocenters. The third-order valence-electron chi connectivity index (χ3n) is 6.63. The molecule has 0 saturated heterocycles. The van der Waals surface area contributed by atoms with E-state index in [0.717, 1.165) is 38.9 Å². The zero-order valence-electron chi connectivity index (χ0n) is 20.0. The maximum atomic E-state index is 10.0. The number of benzene rings is 2. The van der Waals surface area contributed by atoms with Crippen molar-refractivity contribution < 1.29 is 25.5 Å². The molecule has 2 rings (SSSR count). The van der Waals surface area contributed by atoms with E-state index in [1.165, 1.54) is 0 Å². The number of hydrogen-bond acceptors (Lipinski definition) is 5. The van der Waals surface area contributed by atoms with Crippen LogP contribution in [0.1, 0.15) is 92.0 Å². The minimum absolute atomic E-state index is 0.0148. The predicted octanol–water partition coefficient (Wildman–Crippen LogP) is 3.83. The van der Waals surface area contributed by atoms with Crippen molar-refractivity contribution in [2.75, 3.05) is 33.0 Å². The van der Waals surface area contributed by atoms with Gasteiger partial charge in [0, 0.05) is 62.6 Å². The molecule has 5 N–H and O–H groups in total. The number of aliphatic hydroxyl groups is 5. The van der Waals surface area contributed by atoms with Crippen LogP contribution in [0.4, 0.5) is 0 Å². The predicted molar refractivity (Wildman–Crippen MR) is 129 cm³/mol. The summed E-state index contributed by atoms with van der Waals surface area (Å²) in [5.74, 6) is -0.475. The summed E-state index contributed by atoms with van der Waals surface area (Å²) in [5.41, 5.74) is 6.81. The fourth-order valence-corrected chi connectivity index (χ4v) is 4.01. The van der Waals surface area contributed by atoms with Crippen molar-refractivity contribution in [3.8, 4) is 11.1 Å². The molecule has 0 bridgehead atoms. The van der Waals surface area contributed by atoms with Crippen LogP contribution >= 0.6 is 0 Å². The normalized spacial score (nSPS) is 16.4. The van der Waals surface area contributed by atoms with Gasteiger partial charge in [0.05, 0.1) is 0 Å². The van der Waals surface area contributed by atoms with E-state index < -0.39 is 0 Å². The van der Waals surface area contributed by atoms with Crippen LogP contribution in [0.15, 0.2) is 30.3 Å². The van der Waals surface area contributed by atoms with Gasteiger partial charge in [0.25, 0.3) is 0 Å². The molecule has 2 aromatic rings. The van der Waals surface area contributed by atoms with E-state index in [-0.39, 0.29) is 62.6 Å². The summed E-state index contributed by atoms with van der Waals surface area (Å²) in [7, 11) is 0. The molecule has 0 fully saturated rings. The molecule has 5 nitrogen and oxygen atoms in total. The minimum atomic E-state index is -0.141. The van der Waals surface area contributed by atoms with Crippen molar-refractivity contribution in [2.45, 2.75) is 64.2 Å². The highest BCUT2D eigenvalue weighted by Crippen LogP contribution is 2.40. The van der Waals surface area contributed by atoms with Gasteiger partial charge in [0.1, 0.15) is 0 Å². The van der Waals surface area contributed by atoms with Crippen LogP contribution in [0, 0.1) is 0 Å². The summed E-state index contributed by atoms with van der Waals surface area (Å²) >= 11 is 0. The maximum absolute atomic E-state index is 10.0. The number of hydrogen-bond donors (Lipinski definition) is 5. The van der Waals surface area contributed by atoms with Crippen molar-refractivity contribution >= 4 is 0 Å². The Morgan fingerprint density at radius 1 is 0.469 bits per heavy atom. The van der Waals surface area contributed by atoms with Gasteiger partial charge < -0.3 is 25.5 Å². The van der Waals surface area contributed by atoms with Crippen LogP contribution < -0.4 is 0 Å². The molecule has 5 atom stereocenters. The van der Waals surface area contributed by atoms with Gasteiger partial charge in [0.2, 0.25) is 0 Å². The van der Waals surface area contributed by atoms with Gasteiger partial charge in [-0.05, 0) is 38.9 Å². The first-order valence-electron chi connectivity index (χ1n) is 11.6. The summed E-state index contributed by atoms with van der Waals surface area (Å²) in [4.78, 5) is 0. The smallest absolute Gasteiger partial charge is 0.0497 e. The minimum Gasteiger partial charge on any atom is -0.396 e. The Kier molecular flexibility index (Phi) is 9.86. The highest BCUT2D eigenvalue weighted by atomic mass is 16.3. The Labute approximate surface area is 192 Å². The van der Waals surface area contributed by atoms with Gasteiger partial charge in [-0.3, -0.25) is 0 Å². The lowest BCUT2D eigenvalue weighted by Crippen LogP contribution is -2.12. The summed E-state index contributed by atoms with van der Waals surface area (Å²) in [5, 5.41) is 49.4. The second-order valence-electron chi connectivity index (χ2n) is 9.38. The van der Waals surface area contributed by atoms with Crippen LogP contribution in [0.25, 0.3) is 11.1 Å². The highest BCUT2D eigenvalue weighted by Gasteiger charge is 2.23. The standard InChI is InChI=1S/C27H40O5/c1-16(11-28)21-6-22(17(2)12-29)8-24(7-21)27-25(19(4)14-31)9-23(18(3)13-30)10-26(27)20(5)15-32/h6-10,16-20,28-32H,11-15H2,1-5H3. The van der Waals surface area contributed by atoms with Crippen molar-refractivity contribution in [1.29, 1.82) is 0 Å². The first-order valence-corrected chi connectivity index (χ1v) is 11.6. The van der Waals surface area contributed by atoms with E-state index in [2.05, 4.69) is 24.3 Å². The van der Waals surface area contributed by atoms with E-state index in [1.807, 2.05) is 40.7 Å². The molecule has 0 aromatic heterocycles. The van der Waals surface area contributed by atoms with Gasteiger partial charge in [-0.1, -0.05) is 65.0 Å². The molecule has 5 heteroatoms. The quantitative estimate of drug-likeness (QED) is 0.363. The van der Waals surface area contributed by atoms with Gasteiger partial charge in [-0.2, -0.15) is 0 Å². The first kappa shape index (κ1) is 26.5. The number of rotatable bonds is 11. The molecule has 0 spiro atoms. The molecule has 0 aliphatic rings. The molecular weight excluding hydrogens is 404 g/mol. The maximum Gasteiger partial charge on any atom is 0.0497 e.